The SMILES string of the molecule is CC(O)C(=O)Cc1cccc(Cl)c1. The third kappa shape index (κ3) is 3.17. The van der Waals surface area contributed by atoms with E-state index in [-0.39, 0.29) is 12.2 Å². The van der Waals surface area contributed by atoms with Gasteiger partial charge in [-0.05, 0) is 24.6 Å². The number of aliphatic hydroxyl groups excluding tert-OH is 1. The summed E-state index contributed by atoms with van der Waals surface area (Å²) in [6, 6.07) is 7.07. The van der Waals surface area contributed by atoms with Gasteiger partial charge < -0.3 is 5.11 Å². The Hall–Kier alpha value is -0.860. The lowest BCUT2D eigenvalue weighted by Gasteiger charge is -2.03. The molecule has 0 bridgehead atoms. The van der Waals surface area contributed by atoms with Crippen molar-refractivity contribution in [3.05, 3.63) is 34.9 Å². The lowest BCUT2D eigenvalue weighted by molar-refractivity contribution is -0.125. The fraction of sp³-hybridized carbons (Fsp3) is 0.300. The average Bonchev–Trinajstić information content (AvgIpc) is 2.04. The largest absolute Gasteiger partial charge is 0.386 e. The Kier molecular flexibility index (Phi) is 3.46. The van der Waals surface area contributed by atoms with E-state index >= 15 is 0 Å². The highest BCUT2D eigenvalue weighted by molar-refractivity contribution is 6.30. The van der Waals surface area contributed by atoms with Gasteiger partial charge in [0.2, 0.25) is 0 Å². The summed E-state index contributed by atoms with van der Waals surface area (Å²) in [7, 11) is 0. The van der Waals surface area contributed by atoms with Gasteiger partial charge in [0.1, 0.15) is 6.10 Å². The summed E-state index contributed by atoms with van der Waals surface area (Å²) >= 11 is 5.73. The first-order valence-electron chi connectivity index (χ1n) is 4.05. The van der Waals surface area contributed by atoms with Crippen LogP contribution in [0.15, 0.2) is 24.3 Å². The van der Waals surface area contributed by atoms with E-state index in [1.54, 1.807) is 18.2 Å². The molecule has 1 aromatic carbocycles. The van der Waals surface area contributed by atoms with Crippen LogP contribution in [0.3, 0.4) is 0 Å². The molecule has 0 saturated heterocycles. The molecular weight excluding hydrogens is 188 g/mol. The Morgan fingerprint density at radius 3 is 2.85 bits per heavy atom. The molecule has 2 nitrogen and oxygen atoms in total. The van der Waals surface area contributed by atoms with Crippen molar-refractivity contribution < 1.29 is 9.90 Å². The van der Waals surface area contributed by atoms with E-state index in [2.05, 4.69) is 0 Å². The molecule has 0 aliphatic rings. The molecule has 3 heteroatoms. The van der Waals surface area contributed by atoms with Crippen LogP contribution in [0.2, 0.25) is 5.02 Å². The molecule has 0 amide bonds. The zero-order valence-electron chi connectivity index (χ0n) is 7.33. The van der Waals surface area contributed by atoms with Gasteiger partial charge in [0.25, 0.3) is 0 Å². The summed E-state index contributed by atoms with van der Waals surface area (Å²) < 4.78 is 0. The molecule has 70 valence electrons. The number of carbonyl (C=O) groups excluding carboxylic acids is 1. The molecule has 0 heterocycles. The molecule has 0 aromatic heterocycles. The lowest BCUT2D eigenvalue weighted by Crippen LogP contribution is -2.18. The lowest BCUT2D eigenvalue weighted by atomic mass is 10.1. The van der Waals surface area contributed by atoms with E-state index < -0.39 is 6.10 Å². The minimum atomic E-state index is -0.904. The molecule has 0 radical (unpaired) electrons. The van der Waals surface area contributed by atoms with Gasteiger partial charge in [0, 0.05) is 11.4 Å². The zero-order valence-corrected chi connectivity index (χ0v) is 8.08. The molecule has 1 unspecified atom stereocenters. The third-order valence-corrected chi connectivity index (χ3v) is 1.97. The van der Waals surface area contributed by atoms with E-state index in [9.17, 15) is 4.79 Å². The second-order valence-electron chi connectivity index (χ2n) is 2.95. The number of carbonyl (C=O) groups is 1. The van der Waals surface area contributed by atoms with Crippen LogP contribution >= 0.6 is 11.6 Å². The summed E-state index contributed by atoms with van der Waals surface area (Å²) in [5, 5.41) is 9.58. The van der Waals surface area contributed by atoms with E-state index in [0.29, 0.717) is 5.02 Å². The summed E-state index contributed by atoms with van der Waals surface area (Å²) in [6.45, 7) is 1.47. The van der Waals surface area contributed by atoms with Crippen molar-refractivity contribution in [3.8, 4) is 0 Å². The zero-order chi connectivity index (χ0) is 9.84. The Balaban J connectivity index is 2.69. The Bertz CT molecular complexity index is 308. The van der Waals surface area contributed by atoms with Gasteiger partial charge in [-0.1, -0.05) is 23.7 Å². The normalized spacial score (nSPS) is 12.5. The molecule has 1 atom stereocenters. The first kappa shape index (κ1) is 10.2. The van der Waals surface area contributed by atoms with Gasteiger partial charge in [-0.3, -0.25) is 4.79 Å². The predicted octanol–water partition coefficient (Wildman–Crippen LogP) is 1.83. The smallest absolute Gasteiger partial charge is 0.165 e. The van der Waals surface area contributed by atoms with Gasteiger partial charge >= 0.3 is 0 Å². The van der Waals surface area contributed by atoms with Crippen molar-refractivity contribution in [3.63, 3.8) is 0 Å². The summed E-state index contributed by atoms with van der Waals surface area (Å²) in [6.07, 6.45) is -0.669. The minimum absolute atomic E-state index is 0.192. The molecule has 0 fully saturated rings. The van der Waals surface area contributed by atoms with Crippen LogP contribution in [0.25, 0.3) is 0 Å². The van der Waals surface area contributed by atoms with E-state index in [4.69, 9.17) is 16.7 Å². The monoisotopic (exact) mass is 198 g/mol. The van der Waals surface area contributed by atoms with Crippen molar-refractivity contribution in [2.45, 2.75) is 19.4 Å². The Labute approximate surface area is 82.2 Å². The topological polar surface area (TPSA) is 37.3 Å². The molecule has 0 aliphatic heterocycles. The van der Waals surface area contributed by atoms with Crippen molar-refractivity contribution in [1.82, 2.24) is 0 Å². The van der Waals surface area contributed by atoms with Crippen LogP contribution in [0.5, 0.6) is 0 Å². The third-order valence-electron chi connectivity index (χ3n) is 1.73. The van der Waals surface area contributed by atoms with Crippen LogP contribution in [0, 0.1) is 0 Å². The molecule has 13 heavy (non-hydrogen) atoms. The summed E-state index contributed by atoms with van der Waals surface area (Å²) in [5.74, 6) is -0.192. The average molecular weight is 199 g/mol. The molecule has 0 spiro atoms. The van der Waals surface area contributed by atoms with Crippen LogP contribution in [0.1, 0.15) is 12.5 Å². The molecule has 1 aromatic rings. The molecular formula is C10H11ClO2. The second kappa shape index (κ2) is 4.40. The predicted molar refractivity (Wildman–Crippen MR) is 51.8 cm³/mol. The quantitative estimate of drug-likeness (QED) is 0.805. The van der Waals surface area contributed by atoms with E-state index in [1.165, 1.54) is 6.92 Å². The number of aliphatic hydroxyl groups is 1. The fourth-order valence-electron chi connectivity index (χ4n) is 0.996. The highest BCUT2D eigenvalue weighted by atomic mass is 35.5. The van der Waals surface area contributed by atoms with Crippen LogP contribution in [-0.4, -0.2) is 17.0 Å². The standard InChI is InChI=1S/C10H11ClO2/c1-7(12)10(13)6-8-3-2-4-9(11)5-8/h2-5,7,12H,6H2,1H3. The van der Waals surface area contributed by atoms with Crippen molar-refractivity contribution >= 4 is 17.4 Å². The van der Waals surface area contributed by atoms with Crippen LogP contribution in [-0.2, 0) is 11.2 Å². The number of benzene rings is 1. The maximum Gasteiger partial charge on any atom is 0.165 e. The number of Topliss-reactive ketones (excluding diaryl/α,β-unsaturated/α-hetero) is 1. The first-order chi connectivity index (χ1) is 6.09. The molecule has 0 aliphatic carbocycles. The van der Waals surface area contributed by atoms with Gasteiger partial charge in [0.15, 0.2) is 5.78 Å². The summed E-state index contributed by atoms with van der Waals surface area (Å²) in [5.41, 5.74) is 0.832. The van der Waals surface area contributed by atoms with Gasteiger partial charge in [0.05, 0.1) is 0 Å². The van der Waals surface area contributed by atoms with Crippen LogP contribution < -0.4 is 0 Å². The minimum Gasteiger partial charge on any atom is -0.386 e. The van der Waals surface area contributed by atoms with Gasteiger partial charge in [-0.2, -0.15) is 0 Å². The van der Waals surface area contributed by atoms with Crippen molar-refractivity contribution in [2.75, 3.05) is 0 Å². The Morgan fingerprint density at radius 1 is 1.62 bits per heavy atom. The number of hydrogen-bond donors (Lipinski definition) is 1. The second-order valence-corrected chi connectivity index (χ2v) is 3.39. The van der Waals surface area contributed by atoms with Gasteiger partial charge in [-0.15, -0.1) is 0 Å². The molecule has 1 N–H and O–H groups in total. The highest BCUT2D eigenvalue weighted by Gasteiger charge is 2.09. The Morgan fingerprint density at radius 2 is 2.31 bits per heavy atom. The van der Waals surface area contributed by atoms with Crippen molar-refractivity contribution in [1.29, 1.82) is 0 Å². The highest BCUT2D eigenvalue weighted by Crippen LogP contribution is 2.11. The van der Waals surface area contributed by atoms with Gasteiger partial charge in [-0.25, -0.2) is 0 Å². The van der Waals surface area contributed by atoms with Crippen LogP contribution in [0.4, 0.5) is 0 Å². The first-order valence-corrected chi connectivity index (χ1v) is 4.42. The maximum atomic E-state index is 11.1. The number of hydrogen-bond acceptors (Lipinski definition) is 2. The number of rotatable bonds is 3. The number of ketones is 1. The molecule has 1 rings (SSSR count). The van der Waals surface area contributed by atoms with E-state index in [1.807, 2.05) is 6.07 Å². The maximum absolute atomic E-state index is 11.1. The van der Waals surface area contributed by atoms with Crippen molar-refractivity contribution in [2.24, 2.45) is 0 Å². The summed E-state index contributed by atoms with van der Waals surface area (Å²) in [4.78, 5) is 11.1. The van der Waals surface area contributed by atoms with E-state index in [0.717, 1.165) is 5.56 Å². The number of halogens is 1. The fourth-order valence-corrected chi connectivity index (χ4v) is 1.21. The molecule has 0 saturated carbocycles.